The Morgan fingerprint density at radius 2 is 1.90 bits per heavy atom. The van der Waals surface area contributed by atoms with Crippen LogP contribution < -0.4 is 5.73 Å². The lowest BCUT2D eigenvalue weighted by molar-refractivity contribution is 0.485. The van der Waals surface area contributed by atoms with Crippen molar-refractivity contribution < 1.29 is 16.8 Å². The summed E-state index contributed by atoms with van der Waals surface area (Å²) in [6, 6.07) is 6.14. The summed E-state index contributed by atoms with van der Waals surface area (Å²) in [5.74, 6) is 5.18. The third kappa shape index (κ3) is 5.47. The Kier molecular flexibility index (Phi) is 5.92. The van der Waals surface area contributed by atoms with Crippen LogP contribution >= 0.6 is 0 Å². The molecular weight excluding hydrogens is 312 g/mol. The zero-order valence-electron chi connectivity index (χ0n) is 11.9. The maximum atomic E-state index is 12.3. The van der Waals surface area contributed by atoms with Gasteiger partial charge in [-0.2, -0.15) is 4.31 Å². The van der Waals surface area contributed by atoms with E-state index in [0.717, 1.165) is 10.6 Å². The maximum Gasteiger partial charge on any atom is 0.242 e. The molecule has 0 aliphatic carbocycles. The van der Waals surface area contributed by atoms with Crippen molar-refractivity contribution in [3.63, 3.8) is 0 Å². The largest absolute Gasteiger partial charge is 0.320 e. The highest BCUT2D eigenvalue weighted by molar-refractivity contribution is 7.91. The fraction of sp³-hybridized carbons (Fsp3) is 0.385. The molecule has 0 radical (unpaired) electrons. The number of sulfone groups is 1. The summed E-state index contributed by atoms with van der Waals surface area (Å²) in [5, 5.41) is 0. The smallest absolute Gasteiger partial charge is 0.242 e. The molecular formula is C13H18N2O4S2. The van der Waals surface area contributed by atoms with E-state index >= 15 is 0 Å². The topological polar surface area (TPSA) is 97.5 Å². The van der Waals surface area contributed by atoms with Crippen molar-refractivity contribution in [2.75, 3.05) is 32.1 Å². The molecule has 0 heterocycles. The van der Waals surface area contributed by atoms with Gasteiger partial charge in [0.15, 0.2) is 0 Å². The third-order valence-corrected chi connectivity index (χ3v) is 5.43. The predicted octanol–water partition coefficient (Wildman–Crippen LogP) is -0.338. The van der Waals surface area contributed by atoms with Crippen LogP contribution in [0, 0.1) is 11.8 Å². The molecule has 0 amide bonds. The van der Waals surface area contributed by atoms with Gasteiger partial charge >= 0.3 is 0 Å². The van der Waals surface area contributed by atoms with Crippen LogP contribution in [0.15, 0.2) is 29.2 Å². The van der Waals surface area contributed by atoms with E-state index < -0.39 is 19.9 Å². The Bertz CT molecular complexity index is 759. The highest BCUT2D eigenvalue weighted by Crippen LogP contribution is 2.15. The quantitative estimate of drug-likeness (QED) is 0.745. The second-order valence-corrected chi connectivity index (χ2v) is 8.79. The molecule has 2 N–H and O–H groups in total. The van der Waals surface area contributed by atoms with E-state index in [1.54, 1.807) is 12.1 Å². The lowest BCUT2D eigenvalue weighted by atomic mass is 10.2. The fourth-order valence-corrected chi connectivity index (χ4v) is 3.42. The van der Waals surface area contributed by atoms with Crippen LogP contribution in [0.1, 0.15) is 5.56 Å². The Balaban J connectivity index is 3.02. The number of sulfonamides is 1. The summed E-state index contributed by atoms with van der Waals surface area (Å²) in [6.07, 6.45) is 1.07. The molecule has 1 aromatic rings. The minimum absolute atomic E-state index is 0.0716. The Morgan fingerprint density at radius 3 is 2.48 bits per heavy atom. The van der Waals surface area contributed by atoms with Gasteiger partial charge in [-0.15, -0.1) is 0 Å². The highest BCUT2D eigenvalue weighted by Gasteiger charge is 2.21. The summed E-state index contributed by atoms with van der Waals surface area (Å²) < 4.78 is 47.9. The van der Waals surface area contributed by atoms with Crippen LogP contribution in [0.3, 0.4) is 0 Å². The number of nitrogens with zero attached hydrogens (tertiary/aromatic N) is 1. The normalized spacial score (nSPS) is 12.0. The van der Waals surface area contributed by atoms with Gasteiger partial charge < -0.3 is 5.73 Å². The third-order valence-electron chi connectivity index (χ3n) is 2.65. The lowest BCUT2D eigenvalue weighted by Gasteiger charge is -2.16. The molecule has 0 bridgehead atoms. The summed E-state index contributed by atoms with van der Waals surface area (Å²) in [4.78, 5) is 0.0716. The van der Waals surface area contributed by atoms with E-state index in [9.17, 15) is 16.8 Å². The zero-order chi connectivity index (χ0) is 16.1. The van der Waals surface area contributed by atoms with Crippen molar-refractivity contribution in [1.29, 1.82) is 0 Å². The van der Waals surface area contributed by atoms with Crippen molar-refractivity contribution in [2.24, 2.45) is 5.73 Å². The summed E-state index contributed by atoms with van der Waals surface area (Å²) >= 11 is 0. The van der Waals surface area contributed by atoms with Gasteiger partial charge in [0, 0.05) is 25.4 Å². The number of rotatable bonds is 5. The first-order valence-corrected chi connectivity index (χ1v) is 9.60. The monoisotopic (exact) mass is 330 g/mol. The molecule has 116 valence electrons. The van der Waals surface area contributed by atoms with Gasteiger partial charge in [0.2, 0.25) is 10.0 Å². The summed E-state index contributed by atoms with van der Waals surface area (Å²) in [5.41, 5.74) is 5.81. The van der Waals surface area contributed by atoms with Crippen molar-refractivity contribution in [2.45, 2.75) is 4.90 Å². The SMILES string of the molecule is CN(CCS(C)(=O)=O)S(=O)(=O)c1cccc(C#CCN)c1. The molecule has 6 nitrogen and oxygen atoms in total. The molecule has 8 heteroatoms. The van der Waals surface area contributed by atoms with Gasteiger partial charge in [-0.25, -0.2) is 16.8 Å². The van der Waals surface area contributed by atoms with Gasteiger partial charge in [0.05, 0.1) is 17.2 Å². The van der Waals surface area contributed by atoms with Crippen molar-refractivity contribution in [3.05, 3.63) is 29.8 Å². The first kappa shape index (κ1) is 17.7. The van der Waals surface area contributed by atoms with E-state index in [2.05, 4.69) is 11.8 Å². The van der Waals surface area contributed by atoms with Gasteiger partial charge in [-0.1, -0.05) is 17.9 Å². The van der Waals surface area contributed by atoms with Crippen molar-refractivity contribution in [1.82, 2.24) is 4.31 Å². The number of hydrogen-bond acceptors (Lipinski definition) is 5. The number of hydrogen-bond donors (Lipinski definition) is 1. The molecule has 0 aromatic heterocycles. The Hall–Kier alpha value is -1.40. The molecule has 21 heavy (non-hydrogen) atoms. The van der Waals surface area contributed by atoms with Crippen LogP contribution in [0.25, 0.3) is 0 Å². The Labute approximate surface area is 125 Å². The first-order chi connectivity index (χ1) is 9.66. The van der Waals surface area contributed by atoms with E-state index in [1.165, 1.54) is 19.2 Å². The molecule has 0 saturated heterocycles. The molecule has 0 aliphatic rings. The second kappa shape index (κ2) is 7.04. The lowest BCUT2D eigenvalue weighted by Crippen LogP contribution is -2.31. The van der Waals surface area contributed by atoms with Gasteiger partial charge in [0.1, 0.15) is 9.84 Å². The summed E-state index contributed by atoms with van der Waals surface area (Å²) in [6.45, 7) is 0.0884. The molecule has 0 saturated carbocycles. The molecule has 0 spiro atoms. The minimum atomic E-state index is -3.74. The molecule has 0 unspecified atom stereocenters. The van der Waals surface area contributed by atoms with Gasteiger partial charge in [-0.05, 0) is 18.2 Å². The Morgan fingerprint density at radius 1 is 1.24 bits per heavy atom. The molecule has 1 aromatic carbocycles. The van der Waals surface area contributed by atoms with Gasteiger partial charge in [-0.3, -0.25) is 0 Å². The van der Waals surface area contributed by atoms with E-state index in [-0.39, 0.29) is 23.7 Å². The maximum absolute atomic E-state index is 12.3. The average molecular weight is 330 g/mol. The van der Waals surface area contributed by atoms with Crippen LogP contribution in [-0.2, 0) is 19.9 Å². The average Bonchev–Trinajstić information content (AvgIpc) is 2.42. The second-order valence-electron chi connectivity index (χ2n) is 4.49. The van der Waals surface area contributed by atoms with E-state index in [1.807, 2.05) is 0 Å². The van der Waals surface area contributed by atoms with Crippen molar-refractivity contribution in [3.8, 4) is 11.8 Å². The minimum Gasteiger partial charge on any atom is -0.320 e. The van der Waals surface area contributed by atoms with Gasteiger partial charge in [0.25, 0.3) is 0 Å². The van der Waals surface area contributed by atoms with Crippen LogP contribution in [0.4, 0.5) is 0 Å². The number of nitrogens with two attached hydrogens (primary N) is 1. The highest BCUT2D eigenvalue weighted by atomic mass is 32.2. The number of benzene rings is 1. The molecule has 0 aliphatic heterocycles. The standard InChI is InChI=1S/C13H18N2O4S2/c1-15(9-10-20(2,16)17)21(18,19)13-7-3-5-12(11-13)6-4-8-14/h3,5,7,11H,8-10,14H2,1-2H3. The van der Waals surface area contributed by atoms with Crippen molar-refractivity contribution >= 4 is 19.9 Å². The van der Waals surface area contributed by atoms with Crippen LogP contribution in [0.5, 0.6) is 0 Å². The van der Waals surface area contributed by atoms with Crippen LogP contribution in [0.2, 0.25) is 0 Å². The fourth-order valence-electron chi connectivity index (χ4n) is 1.48. The summed E-state index contributed by atoms with van der Waals surface area (Å²) in [7, 11) is -5.62. The molecule has 0 atom stereocenters. The zero-order valence-corrected chi connectivity index (χ0v) is 13.5. The van der Waals surface area contributed by atoms with E-state index in [0.29, 0.717) is 5.56 Å². The van der Waals surface area contributed by atoms with E-state index in [4.69, 9.17) is 5.73 Å². The molecule has 1 rings (SSSR count). The molecule has 0 fully saturated rings. The predicted molar refractivity (Wildman–Crippen MR) is 81.9 cm³/mol. The first-order valence-electron chi connectivity index (χ1n) is 6.10. The van der Waals surface area contributed by atoms with Crippen LogP contribution in [-0.4, -0.2) is 53.3 Å².